The van der Waals surface area contributed by atoms with Crippen LogP contribution in [-0.4, -0.2) is 28.9 Å². The molecule has 106 valence electrons. The molecule has 0 saturated heterocycles. The summed E-state index contributed by atoms with van der Waals surface area (Å²) in [6.07, 6.45) is 11.7. The number of nitrogens with zero attached hydrogens (tertiary/aromatic N) is 3. The van der Waals surface area contributed by atoms with Gasteiger partial charge in [0.2, 0.25) is 0 Å². The van der Waals surface area contributed by atoms with Crippen LogP contribution in [-0.2, 0) is 12.8 Å². The van der Waals surface area contributed by atoms with Crippen molar-refractivity contribution in [3.8, 4) is 0 Å². The van der Waals surface area contributed by atoms with E-state index < -0.39 is 0 Å². The molecule has 1 aromatic rings. The highest BCUT2D eigenvalue weighted by Gasteiger charge is 2.16. The second kappa shape index (κ2) is 7.83. The van der Waals surface area contributed by atoms with Crippen LogP contribution in [0.5, 0.6) is 0 Å². The van der Waals surface area contributed by atoms with Gasteiger partial charge in [0, 0.05) is 30.2 Å². The van der Waals surface area contributed by atoms with E-state index in [4.69, 9.17) is 0 Å². The van der Waals surface area contributed by atoms with Crippen LogP contribution in [0.25, 0.3) is 0 Å². The maximum atomic E-state index is 4.54. The van der Waals surface area contributed by atoms with Crippen LogP contribution in [0.2, 0.25) is 0 Å². The van der Waals surface area contributed by atoms with Gasteiger partial charge in [0.05, 0.1) is 0 Å². The normalized spacial score (nSPS) is 14.8. The smallest absolute Gasteiger partial charge is 0.135 e. The molecule has 0 N–H and O–H groups in total. The molecular weight excluding hydrogens is 302 g/mol. The molecule has 1 aliphatic carbocycles. The monoisotopic (exact) mass is 325 g/mol. The lowest BCUT2D eigenvalue weighted by Crippen LogP contribution is -2.22. The molecule has 3 nitrogen and oxygen atoms in total. The Balaban J connectivity index is 2.02. The van der Waals surface area contributed by atoms with Gasteiger partial charge in [-0.25, -0.2) is 9.97 Å². The molecule has 0 bridgehead atoms. The molecule has 0 unspecified atom stereocenters. The zero-order valence-corrected chi connectivity index (χ0v) is 13.5. The van der Waals surface area contributed by atoms with Crippen molar-refractivity contribution in [3.05, 3.63) is 17.6 Å². The van der Waals surface area contributed by atoms with Crippen LogP contribution in [0.4, 0.5) is 5.82 Å². The van der Waals surface area contributed by atoms with E-state index in [-0.39, 0.29) is 0 Å². The Hall–Kier alpha value is -0.640. The van der Waals surface area contributed by atoms with E-state index in [2.05, 4.69) is 37.8 Å². The minimum absolute atomic E-state index is 1.09. The van der Waals surface area contributed by atoms with Crippen molar-refractivity contribution in [1.82, 2.24) is 9.97 Å². The minimum Gasteiger partial charge on any atom is -0.359 e. The molecule has 2 rings (SSSR count). The molecule has 0 aliphatic heterocycles. The highest BCUT2D eigenvalue weighted by atomic mass is 79.9. The molecule has 0 saturated carbocycles. The lowest BCUT2D eigenvalue weighted by molar-refractivity contribution is 0.699. The zero-order valence-electron chi connectivity index (χ0n) is 11.9. The van der Waals surface area contributed by atoms with Gasteiger partial charge in [0.25, 0.3) is 0 Å². The van der Waals surface area contributed by atoms with Gasteiger partial charge in [-0.05, 0) is 38.5 Å². The Morgan fingerprint density at radius 1 is 1.11 bits per heavy atom. The van der Waals surface area contributed by atoms with E-state index >= 15 is 0 Å². The van der Waals surface area contributed by atoms with Crippen LogP contribution in [0.15, 0.2) is 6.33 Å². The fraction of sp³-hybridized carbons (Fsp3) is 0.733. The van der Waals surface area contributed by atoms with Crippen LogP contribution in [0, 0.1) is 0 Å². The minimum atomic E-state index is 1.09. The molecule has 1 heterocycles. The number of hydrogen-bond acceptors (Lipinski definition) is 3. The fourth-order valence-electron chi connectivity index (χ4n) is 2.74. The van der Waals surface area contributed by atoms with Gasteiger partial charge in [0.1, 0.15) is 12.1 Å². The molecule has 0 fully saturated rings. The van der Waals surface area contributed by atoms with E-state index in [1.807, 2.05) is 0 Å². The molecule has 0 spiro atoms. The summed E-state index contributed by atoms with van der Waals surface area (Å²) in [6.45, 7) is 1.09. The standard InChI is InChI=1S/C15H24BrN3/c1-19(11-7-3-6-10-16)15-13-8-4-2-5-9-14(13)17-12-18-15/h12H,2-11H2,1H3. The highest BCUT2D eigenvalue weighted by Crippen LogP contribution is 2.25. The molecule has 4 heteroatoms. The number of aryl methyl sites for hydroxylation is 1. The summed E-state index contributed by atoms with van der Waals surface area (Å²) in [7, 11) is 2.17. The van der Waals surface area contributed by atoms with Crippen LogP contribution >= 0.6 is 15.9 Å². The van der Waals surface area contributed by atoms with Gasteiger partial charge < -0.3 is 4.90 Å². The van der Waals surface area contributed by atoms with Crippen LogP contribution < -0.4 is 4.90 Å². The Kier molecular flexibility index (Phi) is 6.08. The largest absolute Gasteiger partial charge is 0.359 e. The van der Waals surface area contributed by atoms with E-state index in [1.165, 1.54) is 55.6 Å². The van der Waals surface area contributed by atoms with Gasteiger partial charge in [-0.3, -0.25) is 0 Å². The van der Waals surface area contributed by atoms with Crippen molar-refractivity contribution in [2.24, 2.45) is 0 Å². The van der Waals surface area contributed by atoms with Gasteiger partial charge >= 0.3 is 0 Å². The van der Waals surface area contributed by atoms with Gasteiger partial charge in [-0.2, -0.15) is 0 Å². The number of unbranched alkanes of at least 4 members (excludes halogenated alkanes) is 2. The number of anilines is 1. The zero-order chi connectivity index (χ0) is 13.5. The predicted molar refractivity (Wildman–Crippen MR) is 84.2 cm³/mol. The van der Waals surface area contributed by atoms with Crippen molar-refractivity contribution in [1.29, 1.82) is 0 Å². The van der Waals surface area contributed by atoms with Crippen molar-refractivity contribution < 1.29 is 0 Å². The Morgan fingerprint density at radius 3 is 2.79 bits per heavy atom. The third kappa shape index (κ3) is 4.16. The molecule has 1 aliphatic rings. The first-order valence-corrected chi connectivity index (χ1v) is 8.55. The first-order chi connectivity index (χ1) is 9.33. The Labute approximate surface area is 125 Å². The summed E-state index contributed by atoms with van der Waals surface area (Å²) in [6, 6.07) is 0. The molecule has 1 aromatic heterocycles. The SMILES string of the molecule is CN(CCCCCBr)c1ncnc2c1CCCCC2. The summed E-state index contributed by atoms with van der Waals surface area (Å²) < 4.78 is 0. The quantitative estimate of drug-likeness (QED) is 0.453. The molecular formula is C15H24BrN3. The van der Waals surface area contributed by atoms with Crippen LogP contribution in [0.3, 0.4) is 0 Å². The first kappa shape index (κ1) is 14.8. The Morgan fingerprint density at radius 2 is 1.95 bits per heavy atom. The van der Waals surface area contributed by atoms with Crippen molar-refractivity contribution >= 4 is 21.7 Å². The number of rotatable bonds is 6. The molecule has 19 heavy (non-hydrogen) atoms. The van der Waals surface area contributed by atoms with Crippen molar-refractivity contribution in [2.45, 2.75) is 51.4 Å². The third-order valence-corrected chi connectivity index (χ3v) is 4.40. The lowest BCUT2D eigenvalue weighted by atomic mass is 10.1. The predicted octanol–water partition coefficient (Wildman–Crippen LogP) is 3.75. The second-order valence-electron chi connectivity index (χ2n) is 5.35. The van der Waals surface area contributed by atoms with Gasteiger partial charge in [0.15, 0.2) is 0 Å². The average Bonchev–Trinajstić information content (AvgIpc) is 2.68. The van der Waals surface area contributed by atoms with E-state index in [0.29, 0.717) is 0 Å². The molecule has 0 aromatic carbocycles. The number of hydrogen-bond donors (Lipinski definition) is 0. The number of halogens is 1. The van der Waals surface area contributed by atoms with Crippen molar-refractivity contribution in [2.75, 3.05) is 23.8 Å². The maximum absolute atomic E-state index is 4.54. The van der Waals surface area contributed by atoms with Gasteiger partial charge in [-0.15, -0.1) is 0 Å². The maximum Gasteiger partial charge on any atom is 0.135 e. The van der Waals surface area contributed by atoms with E-state index in [0.717, 1.165) is 24.7 Å². The van der Waals surface area contributed by atoms with E-state index in [9.17, 15) is 0 Å². The Bertz CT molecular complexity index is 395. The summed E-state index contributed by atoms with van der Waals surface area (Å²) in [5, 5.41) is 1.11. The third-order valence-electron chi connectivity index (χ3n) is 3.84. The van der Waals surface area contributed by atoms with Crippen molar-refractivity contribution in [3.63, 3.8) is 0 Å². The number of alkyl halides is 1. The average molecular weight is 326 g/mol. The lowest BCUT2D eigenvalue weighted by Gasteiger charge is -2.21. The summed E-state index contributed by atoms with van der Waals surface area (Å²) in [5.41, 5.74) is 2.69. The summed E-state index contributed by atoms with van der Waals surface area (Å²) >= 11 is 3.49. The second-order valence-corrected chi connectivity index (χ2v) is 6.15. The summed E-state index contributed by atoms with van der Waals surface area (Å²) in [4.78, 5) is 11.3. The highest BCUT2D eigenvalue weighted by molar-refractivity contribution is 9.09. The molecule has 0 radical (unpaired) electrons. The van der Waals surface area contributed by atoms with Gasteiger partial charge in [-0.1, -0.05) is 28.8 Å². The first-order valence-electron chi connectivity index (χ1n) is 7.43. The topological polar surface area (TPSA) is 29.0 Å². The van der Waals surface area contributed by atoms with Crippen LogP contribution in [0.1, 0.15) is 49.8 Å². The van der Waals surface area contributed by atoms with E-state index in [1.54, 1.807) is 6.33 Å². The summed E-state index contributed by atoms with van der Waals surface area (Å²) in [5.74, 6) is 1.17. The fourth-order valence-corrected chi connectivity index (χ4v) is 3.13. The molecule has 0 atom stereocenters. The number of fused-ring (bicyclic) bond motifs is 1. The number of aromatic nitrogens is 2. The molecule has 0 amide bonds.